The van der Waals surface area contributed by atoms with E-state index in [2.05, 4.69) is 5.32 Å². The molecule has 1 aliphatic heterocycles. The predicted molar refractivity (Wildman–Crippen MR) is 122 cm³/mol. The summed E-state index contributed by atoms with van der Waals surface area (Å²) >= 11 is 0. The molecule has 0 bridgehead atoms. The smallest absolute Gasteiger partial charge is 0.405 e. The normalized spacial score (nSPS) is 16.8. The first-order valence-electron chi connectivity index (χ1n) is 10.9. The van der Waals surface area contributed by atoms with Crippen molar-refractivity contribution in [1.82, 2.24) is 15.2 Å². The van der Waals surface area contributed by atoms with Crippen molar-refractivity contribution in [3.05, 3.63) is 77.5 Å². The second kappa shape index (κ2) is 7.79. The number of amides is 2. The van der Waals surface area contributed by atoms with E-state index in [0.717, 1.165) is 59.3 Å². The van der Waals surface area contributed by atoms with Crippen molar-refractivity contribution in [2.24, 2.45) is 0 Å². The first kappa shape index (κ1) is 20.2. The van der Waals surface area contributed by atoms with Crippen LogP contribution in [0.2, 0.25) is 0 Å². The van der Waals surface area contributed by atoms with Crippen molar-refractivity contribution in [2.45, 2.75) is 31.2 Å². The Labute approximate surface area is 186 Å². The second-order valence-electron chi connectivity index (χ2n) is 8.66. The van der Waals surface area contributed by atoms with Crippen molar-refractivity contribution in [3.63, 3.8) is 0 Å². The molecule has 0 unspecified atom stereocenters. The molecule has 3 aromatic rings. The highest BCUT2D eigenvalue weighted by Gasteiger charge is 2.40. The Morgan fingerprint density at radius 1 is 1.03 bits per heavy atom. The molecule has 1 aromatic heterocycles. The molecule has 2 amide bonds. The monoisotopic (exact) mass is 427 g/mol. The van der Waals surface area contributed by atoms with E-state index in [-0.39, 0.29) is 5.91 Å². The summed E-state index contributed by atoms with van der Waals surface area (Å²) in [6.45, 7) is 0.658. The van der Waals surface area contributed by atoms with Gasteiger partial charge in [0.25, 0.3) is 5.91 Å². The van der Waals surface area contributed by atoms with Crippen LogP contribution in [-0.4, -0.2) is 40.6 Å². The van der Waals surface area contributed by atoms with E-state index < -0.39 is 11.6 Å². The summed E-state index contributed by atoms with van der Waals surface area (Å²) in [5, 5.41) is 12.0. The van der Waals surface area contributed by atoms with Crippen LogP contribution in [-0.2, 0) is 12.0 Å². The molecular formula is C26H25N3O3. The highest BCUT2D eigenvalue weighted by molar-refractivity contribution is 5.98. The number of likely N-dealkylation sites (N-methyl/N-ethyl adjacent to an activating group) is 1. The molecule has 6 nitrogen and oxygen atoms in total. The maximum Gasteiger partial charge on any atom is 0.405 e. The SMILES string of the molecule is CN1CCc2nc(-c3ccc(C4(NC(=O)O)CCC4)cc3)c(-c3ccccc3)cc2C1=O. The van der Waals surface area contributed by atoms with E-state index in [1.54, 1.807) is 4.90 Å². The zero-order valence-electron chi connectivity index (χ0n) is 18.0. The highest BCUT2D eigenvalue weighted by atomic mass is 16.4. The van der Waals surface area contributed by atoms with Gasteiger partial charge in [-0.1, -0.05) is 54.6 Å². The van der Waals surface area contributed by atoms with Crippen molar-refractivity contribution < 1.29 is 14.7 Å². The summed E-state index contributed by atoms with van der Waals surface area (Å²) in [5.74, 6) is 0.00417. The molecule has 2 heterocycles. The summed E-state index contributed by atoms with van der Waals surface area (Å²) < 4.78 is 0. The molecule has 0 saturated heterocycles. The van der Waals surface area contributed by atoms with Gasteiger partial charge in [0.05, 0.1) is 22.5 Å². The van der Waals surface area contributed by atoms with Gasteiger partial charge in [-0.05, 0) is 36.5 Å². The molecular weight excluding hydrogens is 402 g/mol. The Bertz CT molecular complexity index is 1180. The lowest BCUT2D eigenvalue weighted by molar-refractivity contribution is 0.0779. The van der Waals surface area contributed by atoms with Crippen LogP contribution >= 0.6 is 0 Å². The van der Waals surface area contributed by atoms with Crippen LogP contribution in [0, 0.1) is 0 Å². The fourth-order valence-corrected chi connectivity index (χ4v) is 4.73. The highest BCUT2D eigenvalue weighted by Crippen LogP contribution is 2.42. The zero-order valence-corrected chi connectivity index (χ0v) is 18.0. The molecule has 0 radical (unpaired) electrons. The molecule has 5 rings (SSSR count). The minimum absolute atomic E-state index is 0.00417. The third-order valence-corrected chi connectivity index (χ3v) is 6.71. The van der Waals surface area contributed by atoms with Crippen LogP contribution in [0.3, 0.4) is 0 Å². The Kier molecular flexibility index (Phi) is 4.93. The van der Waals surface area contributed by atoms with Gasteiger partial charge in [0, 0.05) is 31.1 Å². The number of nitrogens with zero attached hydrogens (tertiary/aromatic N) is 2. The topological polar surface area (TPSA) is 82.5 Å². The predicted octanol–water partition coefficient (Wildman–Crippen LogP) is 4.69. The number of fused-ring (bicyclic) bond motifs is 1. The standard InChI is InChI=1S/C26H25N3O3/c1-29-15-12-22-21(24(29)30)16-20(17-6-3-2-4-7-17)23(27-22)18-8-10-19(11-9-18)26(13-5-14-26)28-25(31)32/h2-4,6-11,16,28H,5,12-15H2,1H3,(H,31,32). The number of carbonyl (C=O) groups is 2. The minimum atomic E-state index is -0.994. The lowest BCUT2D eigenvalue weighted by atomic mass is 9.71. The Balaban J connectivity index is 1.60. The molecule has 32 heavy (non-hydrogen) atoms. The van der Waals surface area contributed by atoms with Crippen LogP contribution in [0.4, 0.5) is 4.79 Å². The number of rotatable bonds is 4. The van der Waals surface area contributed by atoms with Crippen LogP contribution in [0.5, 0.6) is 0 Å². The van der Waals surface area contributed by atoms with E-state index in [4.69, 9.17) is 4.98 Å². The molecule has 0 spiro atoms. The van der Waals surface area contributed by atoms with Crippen molar-refractivity contribution in [1.29, 1.82) is 0 Å². The summed E-state index contributed by atoms with van der Waals surface area (Å²) in [6.07, 6.45) is 2.35. The zero-order chi connectivity index (χ0) is 22.3. The van der Waals surface area contributed by atoms with Crippen molar-refractivity contribution in [3.8, 4) is 22.4 Å². The summed E-state index contributed by atoms with van der Waals surface area (Å²) in [4.78, 5) is 30.8. The lowest BCUT2D eigenvalue weighted by Crippen LogP contribution is -2.50. The van der Waals surface area contributed by atoms with Gasteiger partial charge in [-0.2, -0.15) is 0 Å². The molecule has 6 heteroatoms. The van der Waals surface area contributed by atoms with Gasteiger partial charge in [0.2, 0.25) is 0 Å². The van der Waals surface area contributed by atoms with Gasteiger partial charge in [0.1, 0.15) is 0 Å². The van der Waals surface area contributed by atoms with E-state index in [9.17, 15) is 14.7 Å². The number of benzene rings is 2. The number of carboxylic acid groups (broad SMARTS) is 1. The van der Waals surface area contributed by atoms with Crippen LogP contribution in [0.25, 0.3) is 22.4 Å². The van der Waals surface area contributed by atoms with Crippen molar-refractivity contribution in [2.75, 3.05) is 13.6 Å². The minimum Gasteiger partial charge on any atom is -0.465 e. The second-order valence-corrected chi connectivity index (χ2v) is 8.66. The van der Waals surface area contributed by atoms with Gasteiger partial charge in [-0.15, -0.1) is 0 Å². The Morgan fingerprint density at radius 3 is 2.38 bits per heavy atom. The van der Waals surface area contributed by atoms with Crippen LogP contribution in [0.15, 0.2) is 60.7 Å². The summed E-state index contributed by atoms with van der Waals surface area (Å²) in [6, 6.07) is 20.0. The molecule has 1 aliphatic carbocycles. The summed E-state index contributed by atoms with van der Waals surface area (Å²) in [7, 11) is 1.82. The third-order valence-electron chi connectivity index (χ3n) is 6.71. The molecule has 2 aromatic carbocycles. The average Bonchev–Trinajstić information content (AvgIpc) is 2.79. The number of hydrogen-bond acceptors (Lipinski definition) is 3. The van der Waals surface area contributed by atoms with E-state index in [1.165, 1.54) is 0 Å². The summed E-state index contributed by atoms with van der Waals surface area (Å²) in [5.41, 5.74) is 5.69. The van der Waals surface area contributed by atoms with E-state index >= 15 is 0 Å². The lowest BCUT2D eigenvalue weighted by Gasteiger charge is -2.42. The Morgan fingerprint density at radius 2 is 1.75 bits per heavy atom. The van der Waals surface area contributed by atoms with Gasteiger partial charge >= 0.3 is 6.09 Å². The molecule has 162 valence electrons. The van der Waals surface area contributed by atoms with Crippen LogP contribution in [0.1, 0.15) is 40.9 Å². The van der Waals surface area contributed by atoms with E-state index in [1.807, 2.05) is 67.7 Å². The molecule has 2 aliphatic rings. The number of nitrogens with one attached hydrogen (secondary N) is 1. The van der Waals surface area contributed by atoms with E-state index in [0.29, 0.717) is 12.1 Å². The molecule has 0 atom stereocenters. The first-order chi connectivity index (χ1) is 15.5. The van der Waals surface area contributed by atoms with Gasteiger partial charge in [0.15, 0.2) is 0 Å². The molecule has 1 fully saturated rings. The number of hydrogen-bond donors (Lipinski definition) is 2. The molecule has 2 N–H and O–H groups in total. The number of pyridine rings is 1. The number of carbonyl (C=O) groups excluding carboxylic acids is 1. The molecule has 1 saturated carbocycles. The first-order valence-corrected chi connectivity index (χ1v) is 10.9. The fourth-order valence-electron chi connectivity index (χ4n) is 4.73. The fraction of sp³-hybridized carbons (Fsp3) is 0.269. The Hall–Kier alpha value is -3.67. The maximum absolute atomic E-state index is 12.8. The van der Waals surface area contributed by atoms with Crippen LogP contribution < -0.4 is 5.32 Å². The van der Waals surface area contributed by atoms with Gasteiger partial charge < -0.3 is 15.3 Å². The maximum atomic E-state index is 12.8. The van der Waals surface area contributed by atoms with Gasteiger partial charge in [-0.3, -0.25) is 9.78 Å². The quantitative estimate of drug-likeness (QED) is 0.633. The van der Waals surface area contributed by atoms with Crippen molar-refractivity contribution >= 4 is 12.0 Å². The van der Waals surface area contributed by atoms with Gasteiger partial charge in [-0.25, -0.2) is 4.79 Å². The average molecular weight is 428 g/mol. The largest absolute Gasteiger partial charge is 0.465 e. The number of aromatic nitrogens is 1. The third kappa shape index (κ3) is 3.42.